The summed E-state index contributed by atoms with van der Waals surface area (Å²) in [6.07, 6.45) is 1.29. The van der Waals surface area contributed by atoms with Gasteiger partial charge in [-0.25, -0.2) is 0 Å². The van der Waals surface area contributed by atoms with Crippen LogP contribution in [-0.4, -0.2) is 37.8 Å². The molecule has 4 heteroatoms. The highest BCUT2D eigenvalue weighted by atomic mass is 16.5. The Morgan fingerprint density at radius 2 is 2.09 bits per heavy atom. The van der Waals surface area contributed by atoms with Gasteiger partial charge in [-0.3, -0.25) is 9.69 Å². The van der Waals surface area contributed by atoms with E-state index in [1.807, 2.05) is 0 Å². The third-order valence-corrected chi connectivity index (χ3v) is 4.73. The van der Waals surface area contributed by atoms with Gasteiger partial charge in [-0.05, 0) is 42.0 Å². The van der Waals surface area contributed by atoms with E-state index in [1.54, 1.807) is 0 Å². The number of Topliss-reactive ketones (excluding diaryl/α,β-unsaturated/α-hetero) is 1. The van der Waals surface area contributed by atoms with Crippen molar-refractivity contribution < 1.29 is 25.2 Å². The molecule has 2 atom stereocenters. The summed E-state index contributed by atoms with van der Waals surface area (Å²) in [4.78, 5) is 14.9. The summed E-state index contributed by atoms with van der Waals surface area (Å²) >= 11 is 0. The van der Waals surface area contributed by atoms with Gasteiger partial charge in [0.25, 0.3) is 0 Å². The van der Waals surface area contributed by atoms with Gasteiger partial charge in [-0.1, -0.05) is 13.8 Å². The van der Waals surface area contributed by atoms with Crippen LogP contribution in [0.1, 0.15) is 54.8 Å². The third-order valence-electron chi connectivity index (χ3n) is 4.73. The number of nitrogens with zero attached hydrogens (tertiary/aromatic N) is 1. The van der Waals surface area contributed by atoms with Crippen molar-refractivity contribution in [2.24, 2.45) is 11.8 Å². The SMILES string of the molecule is [2H]c1c2c(c([2H])c(OC([2H])([2H])[2H])c1OC([2H])([2H])[2H])C1CC(=O)C(CC(C)C)CN1CC2. The third kappa shape index (κ3) is 3.09. The Morgan fingerprint density at radius 3 is 2.78 bits per heavy atom. The molecule has 3 rings (SSSR count). The number of ketones is 1. The van der Waals surface area contributed by atoms with Crippen LogP contribution in [0, 0.1) is 11.8 Å². The quantitative estimate of drug-likeness (QED) is 0.852. The maximum atomic E-state index is 12.8. The van der Waals surface area contributed by atoms with Crippen molar-refractivity contribution in [2.45, 2.75) is 39.2 Å². The number of piperidine rings is 1. The van der Waals surface area contributed by atoms with Crippen molar-refractivity contribution in [1.29, 1.82) is 0 Å². The summed E-state index contributed by atoms with van der Waals surface area (Å²) < 4.78 is 71.4. The van der Waals surface area contributed by atoms with Crippen LogP contribution in [0.25, 0.3) is 0 Å². The molecule has 2 heterocycles. The minimum Gasteiger partial charge on any atom is -0.493 e. The van der Waals surface area contributed by atoms with E-state index >= 15 is 0 Å². The van der Waals surface area contributed by atoms with Crippen LogP contribution in [0.15, 0.2) is 12.1 Å². The molecule has 1 fully saturated rings. The monoisotopic (exact) mass is 325 g/mol. The molecule has 2 unspecified atom stereocenters. The topological polar surface area (TPSA) is 38.8 Å². The lowest BCUT2D eigenvalue weighted by molar-refractivity contribution is -0.129. The average molecular weight is 325 g/mol. The Labute approximate surface area is 150 Å². The van der Waals surface area contributed by atoms with E-state index in [4.69, 9.17) is 20.4 Å². The van der Waals surface area contributed by atoms with Gasteiger partial charge in [0, 0.05) is 31.5 Å². The molecule has 23 heavy (non-hydrogen) atoms. The summed E-state index contributed by atoms with van der Waals surface area (Å²) in [7, 11) is -5.92. The van der Waals surface area contributed by atoms with Crippen LogP contribution in [0.2, 0.25) is 0 Å². The molecule has 0 bridgehead atoms. The van der Waals surface area contributed by atoms with Crippen LogP contribution >= 0.6 is 0 Å². The second kappa shape index (κ2) is 6.52. The molecule has 0 spiro atoms. The molecule has 0 amide bonds. The van der Waals surface area contributed by atoms with E-state index < -0.39 is 31.6 Å². The van der Waals surface area contributed by atoms with Crippen LogP contribution < -0.4 is 9.47 Å². The van der Waals surface area contributed by atoms with E-state index in [2.05, 4.69) is 18.7 Å². The summed E-state index contributed by atoms with van der Waals surface area (Å²) in [6, 6.07) is -1.12. The number of carbonyl (C=O) groups excluding carboxylic acids is 1. The minimum absolute atomic E-state index is 0.0786. The molecule has 4 nitrogen and oxygen atoms in total. The Bertz CT molecular complexity index is 865. The van der Waals surface area contributed by atoms with Crippen molar-refractivity contribution in [3.63, 3.8) is 0 Å². The number of rotatable bonds is 4. The molecular formula is C19H27NO3. The number of carbonyl (C=O) groups is 1. The van der Waals surface area contributed by atoms with E-state index in [0.717, 1.165) is 6.42 Å². The van der Waals surface area contributed by atoms with Crippen LogP contribution in [0.3, 0.4) is 0 Å². The second-order valence-electron chi connectivity index (χ2n) is 6.76. The van der Waals surface area contributed by atoms with Crippen molar-refractivity contribution in [3.05, 3.63) is 23.2 Å². The fourth-order valence-electron chi connectivity index (χ4n) is 3.70. The molecule has 2 aliphatic rings. The molecule has 1 saturated heterocycles. The lowest BCUT2D eigenvalue weighted by Crippen LogP contribution is -2.46. The number of hydrogen-bond acceptors (Lipinski definition) is 4. The van der Waals surface area contributed by atoms with Crippen LogP contribution in [0.5, 0.6) is 11.5 Å². The first-order chi connectivity index (χ1) is 14.2. The van der Waals surface area contributed by atoms with Crippen LogP contribution in [-0.2, 0) is 11.2 Å². The van der Waals surface area contributed by atoms with Gasteiger partial charge in [0.05, 0.1) is 25.0 Å². The Morgan fingerprint density at radius 1 is 1.35 bits per heavy atom. The molecule has 2 aliphatic heterocycles. The smallest absolute Gasteiger partial charge is 0.161 e. The number of benzene rings is 1. The van der Waals surface area contributed by atoms with Crippen molar-refractivity contribution >= 4 is 5.78 Å². The van der Waals surface area contributed by atoms with E-state index in [0.29, 0.717) is 36.6 Å². The highest BCUT2D eigenvalue weighted by molar-refractivity contribution is 5.83. The highest BCUT2D eigenvalue weighted by Crippen LogP contribution is 2.42. The molecule has 0 radical (unpaired) electrons. The number of ether oxygens (including phenoxy) is 2. The maximum Gasteiger partial charge on any atom is 0.161 e. The zero-order valence-corrected chi connectivity index (χ0v) is 13.4. The minimum atomic E-state index is -2.97. The molecule has 1 aromatic rings. The lowest BCUT2D eigenvalue weighted by Gasteiger charge is -2.43. The normalized spacial score (nSPS) is 30.5. The molecule has 126 valence electrons. The summed E-state index contributed by atoms with van der Waals surface area (Å²) in [5.41, 5.74) is 0.753. The molecule has 0 saturated carbocycles. The van der Waals surface area contributed by atoms with Gasteiger partial charge in [-0.15, -0.1) is 0 Å². The number of hydrogen-bond donors (Lipinski definition) is 0. The number of methoxy groups -OCH3 is 2. The van der Waals surface area contributed by atoms with Gasteiger partial charge in [-0.2, -0.15) is 0 Å². The van der Waals surface area contributed by atoms with E-state index in [9.17, 15) is 4.79 Å². The second-order valence-corrected chi connectivity index (χ2v) is 6.76. The van der Waals surface area contributed by atoms with Gasteiger partial charge in [0.2, 0.25) is 0 Å². The van der Waals surface area contributed by atoms with Gasteiger partial charge >= 0.3 is 0 Å². The fourth-order valence-corrected chi connectivity index (χ4v) is 3.70. The van der Waals surface area contributed by atoms with Crippen molar-refractivity contribution in [1.82, 2.24) is 4.90 Å². The molecule has 0 aliphatic carbocycles. The van der Waals surface area contributed by atoms with Crippen molar-refractivity contribution in [3.8, 4) is 11.5 Å². The first kappa shape index (κ1) is 9.07. The standard InChI is InChI=1S/C19H27NO3/c1-12(2)7-14-11-20-6-5-13-8-18(22-3)19(23-4)9-15(13)16(20)10-17(14)21/h8-9,12,14,16H,5-7,10-11H2,1-4H3/i3D3,4D3,8D,9D. The largest absolute Gasteiger partial charge is 0.493 e. The van der Waals surface area contributed by atoms with E-state index in [-0.39, 0.29) is 30.2 Å². The predicted molar refractivity (Wildman–Crippen MR) is 90.1 cm³/mol. The first-order valence-corrected chi connectivity index (χ1v) is 7.98. The first-order valence-electron chi connectivity index (χ1n) is 12.0. The van der Waals surface area contributed by atoms with Crippen LogP contribution in [0.4, 0.5) is 0 Å². The maximum absolute atomic E-state index is 12.8. The Kier molecular flexibility index (Phi) is 2.57. The van der Waals surface area contributed by atoms with Gasteiger partial charge in [0.1, 0.15) is 5.78 Å². The number of fused-ring (bicyclic) bond motifs is 3. The Hall–Kier alpha value is -1.55. The summed E-state index contributed by atoms with van der Waals surface area (Å²) in [6.45, 7) is 5.21. The molecule has 0 N–H and O–H groups in total. The zero-order chi connectivity index (χ0) is 23.3. The fraction of sp³-hybridized carbons (Fsp3) is 0.632. The van der Waals surface area contributed by atoms with E-state index in [1.165, 1.54) is 0 Å². The van der Waals surface area contributed by atoms with Crippen molar-refractivity contribution in [2.75, 3.05) is 27.2 Å². The average Bonchev–Trinajstić information content (AvgIpc) is 2.60. The lowest BCUT2D eigenvalue weighted by atomic mass is 9.80. The molecular weight excluding hydrogens is 290 g/mol. The van der Waals surface area contributed by atoms with Gasteiger partial charge in [0.15, 0.2) is 11.5 Å². The summed E-state index contributed by atoms with van der Waals surface area (Å²) in [5.74, 6) is -0.826. The predicted octanol–water partition coefficient (Wildman–Crippen LogP) is 3.24. The zero-order valence-electron chi connectivity index (χ0n) is 21.4. The Balaban J connectivity index is 2.10. The van der Waals surface area contributed by atoms with Gasteiger partial charge < -0.3 is 9.47 Å². The molecule has 0 aromatic heterocycles. The summed E-state index contributed by atoms with van der Waals surface area (Å²) in [5, 5.41) is 0. The highest BCUT2D eigenvalue weighted by Gasteiger charge is 2.38. The molecule has 1 aromatic carbocycles.